The zero-order valence-corrected chi connectivity index (χ0v) is 22.9. The first-order chi connectivity index (χ1) is 17.2. The number of carbonyl (C=O) groups excluding carboxylic acids is 2. The quantitative estimate of drug-likeness (QED) is 0.211. The number of aromatic nitrogens is 2. The Morgan fingerprint density at radius 3 is 2.47 bits per heavy atom. The van der Waals surface area contributed by atoms with Gasteiger partial charge in [-0.25, -0.2) is 9.67 Å². The number of nitrogens with zero attached hydrogens (tertiary/aromatic N) is 5. The number of carbonyl (C=O) groups is 2. The van der Waals surface area contributed by atoms with Gasteiger partial charge >= 0.3 is 0 Å². The van der Waals surface area contributed by atoms with Crippen LogP contribution >= 0.6 is 11.8 Å². The molecule has 36 heavy (non-hydrogen) atoms. The van der Waals surface area contributed by atoms with Gasteiger partial charge in [0.1, 0.15) is 5.82 Å². The molecule has 1 saturated heterocycles. The molecule has 8 nitrogen and oxygen atoms in total. The van der Waals surface area contributed by atoms with E-state index in [1.807, 2.05) is 31.7 Å². The highest BCUT2D eigenvalue weighted by atomic mass is 32.2. The largest absolute Gasteiger partial charge is 0.347 e. The van der Waals surface area contributed by atoms with Crippen LogP contribution in [0.3, 0.4) is 0 Å². The number of hydrogen-bond donors (Lipinski definition) is 1. The zero-order valence-electron chi connectivity index (χ0n) is 22.1. The summed E-state index contributed by atoms with van der Waals surface area (Å²) in [5, 5.41) is 9.74. The number of aliphatic imine (C=N–C) groups is 2. The SMILES string of the molecule is C=CCCC(=O)N1CCC(C(=NC)S/C=C/C(=O)NC(C)C=C)CC1.C=NC(=C)n1nc(C)cc1C. The molecule has 0 aliphatic carbocycles. The standard InChI is InChI=1S/C19H29N3O2S.C8H11N3/c1-5-7-8-18(24)22-12-9-16(10-13-22)19(20-4)25-14-11-17(23)21-15(3)6-2;1-6-5-7(2)11(10-6)8(3)9-4/h5-6,11,14-16H,1-2,7-10,12-13H2,3-4H3,(H,21,23);5H,3-4H2,1-2H3/b14-11+,20-19?;. The second kappa shape index (κ2) is 16.5. The van der Waals surface area contributed by atoms with E-state index in [0.717, 1.165) is 48.8 Å². The lowest BCUT2D eigenvalue weighted by Gasteiger charge is -2.32. The number of aryl methyl sites for hydroxylation is 2. The number of allylic oxidation sites excluding steroid dienone is 1. The molecule has 9 heteroatoms. The molecule has 2 rings (SSSR count). The van der Waals surface area contributed by atoms with Crippen molar-refractivity contribution in [2.75, 3.05) is 20.1 Å². The Kier molecular flexibility index (Phi) is 14.1. The van der Waals surface area contributed by atoms with Crippen molar-refractivity contribution in [2.45, 2.75) is 52.5 Å². The van der Waals surface area contributed by atoms with Crippen LogP contribution < -0.4 is 5.32 Å². The van der Waals surface area contributed by atoms with Crippen LogP contribution in [-0.4, -0.2) is 64.4 Å². The summed E-state index contributed by atoms with van der Waals surface area (Å²) in [6, 6.07) is 1.92. The highest BCUT2D eigenvalue weighted by Crippen LogP contribution is 2.25. The van der Waals surface area contributed by atoms with Crippen molar-refractivity contribution in [3.8, 4) is 0 Å². The Labute approximate surface area is 220 Å². The average molecular weight is 513 g/mol. The fraction of sp³-hybridized carbons (Fsp3) is 0.444. The fourth-order valence-corrected chi connectivity index (χ4v) is 4.41. The molecule has 1 aromatic rings. The normalized spacial score (nSPS) is 15.0. The van der Waals surface area contributed by atoms with E-state index < -0.39 is 0 Å². The summed E-state index contributed by atoms with van der Waals surface area (Å²) in [4.78, 5) is 33.7. The molecule has 0 spiro atoms. The molecule has 1 N–H and O–H groups in total. The van der Waals surface area contributed by atoms with E-state index in [1.54, 1.807) is 29.3 Å². The molecular formula is C27H40N6O2S. The minimum Gasteiger partial charge on any atom is -0.347 e. The lowest BCUT2D eigenvalue weighted by atomic mass is 9.97. The molecule has 1 fully saturated rings. The second-order valence-electron chi connectivity index (χ2n) is 8.41. The van der Waals surface area contributed by atoms with Gasteiger partial charge in [0.15, 0.2) is 0 Å². The number of piperidine rings is 1. The molecular weight excluding hydrogens is 472 g/mol. The molecule has 0 saturated carbocycles. The highest BCUT2D eigenvalue weighted by molar-refractivity contribution is 8.16. The summed E-state index contributed by atoms with van der Waals surface area (Å²) >= 11 is 1.48. The lowest BCUT2D eigenvalue weighted by Crippen LogP contribution is -2.39. The number of rotatable bonds is 10. The van der Waals surface area contributed by atoms with Crippen LogP contribution in [0.4, 0.5) is 0 Å². The Bertz CT molecular complexity index is 986. The predicted molar refractivity (Wildman–Crippen MR) is 153 cm³/mol. The summed E-state index contributed by atoms with van der Waals surface area (Å²) in [6.07, 6.45) is 8.07. The van der Waals surface area contributed by atoms with Gasteiger partial charge in [-0.05, 0) is 58.2 Å². The molecule has 1 unspecified atom stereocenters. The van der Waals surface area contributed by atoms with Crippen LogP contribution in [-0.2, 0) is 9.59 Å². The van der Waals surface area contributed by atoms with Gasteiger partial charge in [-0.3, -0.25) is 14.6 Å². The number of likely N-dealkylation sites (tertiary alicyclic amines) is 1. The van der Waals surface area contributed by atoms with Gasteiger partial charge in [0.2, 0.25) is 11.8 Å². The summed E-state index contributed by atoms with van der Waals surface area (Å²) in [5.41, 5.74) is 1.99. The number of nitrogens with one attached hydrogen (secondary N) is 1. The van der Waals surface area contributed by atoms with E-state index in [4.69, 9.17) is 0 Å². The van der Waals surface area contributed by atoms with Crippen molar-refractivity contribution in [1.82, 2.24) is 20.0 Å². The van der Waals surface area contributed by atoms with Gasteiger partial charge in [-0.1, -0.05) is 30.5 Å². The van der Waals surface area contributed by atoms with Gasteiger partial charge in [0, 0.05) is 50.3 Å². The van der Waals surface area contributed by atoms with Crippen molar-refractivity contribution < 1.29 is 9.59 Å². The monoisotopic (exact) mass is 512 g/mol. The fourth-order valence-electron chi connectivity index (χ4n) is 3.55. The molecule has 0 radical (unpaired) electrons. The molecule has 1 aromatic heterocycles. The van der Waals surface area contributed by atoms with E-state index in [1.165, 1.54) is 17.8 Å². The number of amides is 2. The molecule has 1 aliphatic heterocycles. The number of thioether (sulfide) groups is 1. The van der Waals surface area contributed by atoms with E-state index in [-0.39, 0.29) is 17.9 Å². The Morgan fingerprint density at radius 2 is 1.97 bits per heavy atom. The third kappa shape index (κ3) is 10.6. The first-order valence-corrected chi connectivity index (χ1v) is 12.9. The maximum atomic E-state index is 12.0. The van der Waals surface area contributed by atoms with Crippen molar-refractivity contribution in [1.29, 1.82) is 0 Å². The highest BCUT2D eigenvalue weighted by Gasteiger charge is 2.25. The van der Waals surface area contributed by atoms with Crippen molar-refractivity contribution in [3.63, 3.8) is 0 Å². The lowest BCUT2D eigenvalue weighted by molar-refractivity contribution is -0.132. The predicted octanol–water partition coefficient (Wildman–Crippen LogP) is 4.79. The van der Waals surface area contributed by atoms with Crippen molar-refractivity contribution in [3.05, 3.63) is 60.8 Å². The van der Waals surface area contributed by atoms with Gasteiger partial charge in [0.25, 0.3) is 0 Å². The van der Waals surface area contributed by atoms with Crippen LogP contribution in [0.5, 0.6) is 0 Å². The first-order valence-electron chi connectivity index (χ1n) is 12.0. The molecule has 2 heterocycles. The van der Waals surface area contributed by atoms with Crippen molar-refractivity contribution in [2.24, 2.45) is 15.9 Å². The first kappa shape index (κ1) is 30.8. The minimum atomic E-state index is -0.141. The van der Waals surface area contributed by atoms with Crippen LogP contribution in [0.15, 0.2) is 59.4 Å². The maximum absolute atomic E-state index is 12.0. The third-order valence-corrected chi connectivity index (χ3v) is 6.58. The van der Waals surface area contributed by atoms with E-state index in [0.29, 0.717) is 18.2 Å². The van der Waals surface area contributed by atoms with Gasteiger partial charge in [-0.15, -0.1) is 13.2 Å². The molecule has 1 atom stereocenters. The molecule has 0 aromatic carbocycles. The Morgan fingerprint density at radius 1 is 1.31 bits per heavy atom. The van der Waals surface area contributed by atoms with Crippen LogP contribution in [0.1, 0.15) is 44.0 Å². The van der Waals surface area contributed by atoms with Gasteiger partial charge < -0.3 is 10.2 Å². The summed E-state index contributed by atoms with van der Waals surface area (Å²) in [7, 11) is 1.78. The van der Waals surface area contributed by atoms with Crippen LogP contribution in [0, 0.1) is 19.8 Å². The van der Waals surface area contributed by atoms with Crippen molar-refractivity contribution >= 4 is 41.2 Å². The van der Waals surface area contributed by atoms with Crippen LogP contribution in [0.25, 0.3) is 5.82 Å². The minimum absolute atomic E-state index is 0.0515. The van der Waals surface area contributed by atoms with E-state index in [2.05, 4.69) is 46.9 Å². The van der Waals surface area contributed by atoms with E-state index >= 15 is 0 Å². The maximum Gasteiger partial charge on any atom is 0.244 e. The summed E-state index contributed by atoms with van der Waals surface area (Å²) in [6.45, 7) is 21.6. The molecule has 0 bridgehead atoms. The van der Waals surface area contributed by atoms with E-state index in [9.17, 15) is 9.59 Å². The molecule has 1 aliphatic rings. The Balaban J connectivity index is 0.000000488. The van der Waals surface area contributed by atoms with Gasteiger partial charge in [-0.2, -0.15) is 5.10 Å². The number of hydrogen-bond acceptors (Lipinski definition) is 6. The Hall–Kier alpha value is -3.20. The molecule has 196 valence electrons. The van der Waals surface area contributed by atoms with Gasteiger partial charge in [0.05, 0.1) is 10.7 Å². The average Bonchev–Trinajstić information content (AvgIpc) is 3.22. The topological polar surface area (TPSA) is 92.0 Å². The second-order valence-corrected chi connectivity index (χ2v) is 9.34. The zero-order chi connectivity index (χ0) is 27.1. The summed E-state index contributed by atoms with van der Waals surface area (Å²) < 4.78 is 1.67. The van der Waals surface area contributed by atoms with Crippen LogP contribution in [0.2, 0.25) is 0 Å². The third-order valence-electron chi connectivity index (χ3n) is 5.55. The molecule has 2 amide bonds. The summed E-state index contributed by atoms with van der Waals surface area (Å²) in [5.74, 6) is 0.973. The smallest absolute Gasteiger partial charge is 0.244 e.